The maximum absolute atomic E-state index is 12.7. The molecule has 1 fully saturated rings. The molecule has 0 radical (unpaired) electrons. The summed E-state index contributed by atoms with van der Waals surface area (Å²) in [5.41, 5.74) is 0.965. The van der Waals surface area contributed by atoms with Crippen LogP contribution in [-0.2, 0) is 12.3 Å². The van der Waals surface area contributed by atoms with Crippen LogP contribution in [0, 0.1) is 0 Å². The van der Waals surface area contributed by atoms with Crippen molar-refractivity contribution in [2.75, 3.05) is 25.1 Å². The molecule has 3 aromatic rings. The van der Waals surface area contributed by atoms with Crippen LogP contribution in [0.25, 0.3) is 0 Å². The van der Waals surface area contributed by atoms with Crippen molar-refractivity contribution >= 4 is 29.5 Å². The summed E-state index contributed by atoms with van der Waals surface area (Å²) in [6.07, 6.45) is 5.21. The van der Waals surface area contributed by atoms with E-state index in [-0.39, 0.29) is 0 Å². The number of hydrogen-bond acceptors (Lipinski definition) is 7. The molecule has 4 rings (SSSR count). The zero-order valence-corrected chi connectivity index (χ0v) is 18.8. The average molecular weight is 467 g/mol. The number of rotatable bonds is 9. The molecular weight excluding hydrogens is 442 g/mol. The van der Waals surface area contributed by atoms with Crippen LogP contribution in [-0.4, -0.2) is 40.7 Å². The maximum Gasteiger partial charge on any atom is 0.289 e. The molecule has 31 heavy (non-hydrogen) atoms. The number of methoxy groups -OCH3 is 1. The second kappa shape index (κ2) is 10.4. The van der Waals surface area contributed by atoms with E-state index >= 15 is 0 Å². The number of aromatic nitrogens is 3. The number of piperidine rings is 1. The van der Waals surface area contributed by atoms with Crippen LogP contribution in [0.3, 0.4) is 0 Å². The van der Waals surface area contributed by atoms with Gasteiger partial charge in [0.15, 0.2) is 5.16 Å². The van der Waals surface area contributed by atoms with Gasteiger partial charge in [0.05, 0.1) is 24.8 Å². The summed E-state index contributed by atoms with van der Waals surface area (Å²) in [4.78, 5) is 2.71. The lowest BCUT2D eigenvalue weighted by Crippen LogP contribution is -2.32. The number of thioether (sulfide) groups is 2. The Hall–Kier alpha value is -2.20. The Labute approximate surface area is 188 Å². The molecule has 0 N–H and O–H groups in total. The largest absolute Gasteiger partial charge is 0.496 e. The van der Waals surface area contributed by atoms with Gasteiger partial charge in [-0.05, 0) is 49.1 Å². The van der Waals surface area contributed by atoms with Crippen molar-refractivity contribution < 1.29 is 17.9 Å². The summed E-state index contributed by atoms with van der Waals surface area (Å²) in [6.45, 7) is 2.50. The Morgan fingerprint density at radius 1 is 1.16 bits per heavy atom. The first-order valence-corrected chi connectivity index (χ1v) is 12.0. The van der Waals surface area contributed by atoms with E-state index < -0.39 is 5.76 Å². The lowest BCUT2D eigenvalue weighted by atomic mass is 10.1. The van der Waals surface area contributed by atoms with E-state index in [2.05, 4.69) is 19.7 Å². The van der Waals surface area contributed by atoms with Gasteiger partial charge in [-0.15, -0.1) is 10.2 Å². The predicted octanol–water partition coefficient (Wildman–Crippen LogP) is 5.53. The fourth-order valence-electron chi connectivity index (χ4n) is 3.56. The lowest BCUT2D eigenvalue weighted by Gasteiger charge is -2.27. The van der Waals surface area contributed by atoms with Crippen molar-refractivity contribution in [3.63, 3.8) is 0 Å². The maximum atomic E-state index is 12.7. The first-order valence-electron chi connectivity index (χ1n) is 10.1. The van der Waals surface area contributed by atoms with E-state index in [1.807, 2.05) is 18.2 Å². The highest BCUT2D eigenvalue weighted by Crippen LogP contribution is 2.35. The van der Waals surface area contributed by atoms with Crippen molar-refractivity contribution in [3.8, 4) is 5.75 Å². The predicted molar refractivity (Wildman–Crippen MR) is 118 cm³/mol. The standard InChI is InChI=1S/C21H24F2N4O2S2/c1-28-17-12-15(7-8-18(17)31-19(22)23)14-30-21-25-24-20(26-9-3-2-4-10-26)27(21)13-16-6-5-11-29-16/h5-8,11-12,19H,2-4,9-10,13-14H2,1H3. The number of hydrogen-bond donors (Lipinski definition) is 0. The van der Waals surface area contributed by atoms with Crippen LogP contribution in [0.1, 0.15) is 30.6 Å². The van der Waals surface area contributed by atoms with Gasteiger partial charge in [0, 0.05) is 18.8 Å². The van der Waals surface area contributed by atoms with Crippen LogP contribution in [0.15, 0.2) is 51.1 Å². The summed E-state index contributed by atoms with van der Waals surface area (Å²) in [6, 6.07) is 9.14. The zero-order valence-electron chi connectivity index (χ0n) is 17.2. The molecule has 1 aliphatic heterocycles. The Kier molecular flexibility index (Phi) is 7.39. The highest BCUT2D eigenvalue weighted by molar-refractivity contribution is 7.99. The smallest absolute Gasteiger partial charge is 0.289 e. The molecule has 2 aromatic heterocycles. The quantitative estimate of drug-likeness (QED) is 0.385. The van der Waals surface area contributed by atoms with E-state index in [0.717, 1.165) is 48.4 Å². The highest BCUT2D eigenvalue weighted by atomic mass is 32.2. The highest BCUT2D eigenvalue weighted by Gasteiger charge is 2.21. The van der Waals surface area contributed by atoms with Crippen molar-refractivity contribution in [2.45, 2.75) is 47.4 Å². The van der Waals surface area contributed by atoms with Crippen LogP contribution < -0.4 is 9.64 Å². The van der Waals surface area contributed by atoms with Crippen molar-refractivity contribution in [1.82, 2.24) is 14.8 Å². The van der Waals surface area contributed by atoms with E-state index in [1.54, 1.807) is 30.2 Å². The average Bonchev–Trinajstić information content (AvgIpc) is 3.44. The van der Waals surface area contributed by atoms with Crippen molar-refractivity contribution in [2.24, 2.45) is 0 Å². The zero-order chi connectivity index (χ0) is 21.6. The third-order valence-corrected chi connectivity index (χ3v) is 6.85. The number of ether oxygens (including phenoxy) is 1. The Morgan fingerprint density at radius 3 is 2.71 bits per heavy atom. The number of benzene rings is 1. The summed E-state index contributed by atoms with van der Waals surface area (Å²) in [7, 11) is 1.49. The summed E-state index contributed by atoms with van der Waals surface area (Å²) in [5, 5.41) is 9.72. The fourth-order valence-corrected chi connectivity index (χ4v) is 5.03. The number of anilines is 1. The molecule has 0 amide bonds. The van der Waals surface area contributed by atoms with Crippen molar-refractivity contribution in [1.29, 1.82) is 0 Å². The second-order valence-corrected chi connectivity index (χ2v) is 9.12. The Balaban J connectivity index is 1.53. The molecule has 0 aliphatic carbocycles. The molecule has 0 saturated carbocycles. The molecule has 1 saturated heterocycles. The van der Waals surface area contributed by atoms with E-state index in [0.29, 0.717) is 34.7 Å². The van der Waals surface area contributed by atoms with Gasteiger partial charge in [-0.25, -0.2) is 0 Å². The van der Waals surface area contributed by atoms with Crippen LogP contribution in [0.2, 0.25) is 0 Å². The third-order valence-electron chi connectivity index (χ3n) is 5.04. The first-order chi connectivity index (χ1) is 15.1. The van der Waals surface area contributed by atoms with Crippen LogP contribution in [0.4, 0.5) is 14.7 Å². The van der Waals surface area contributed by atoms with Gasteiger partial charge in [-0.1, -0.05) is 29.6 Å². The Morgan fingerprint density at radius 2 is 2.00 bits per heavy atom. The van der Waals surface area contributed by atoms with E-state index in [1.165, 1.54) is 13.5 Å². The molecule has 1 aliphatic rings. The van der Waals surface area contributed by atoms with Crippen molar-refractivity contribution in [3.05, 3.63) is 47.9 Å². The second-order valence-electron chi connectivity index (χ2n) is 7.15. The molecule has 0 unspecified atom stereocenters. The number of nitrogens with zero attached hydrogens (tertiary/aromatic N) is 4. The molecule has 6 nitrogen and oxygen atoms in total. The molecule has 0 atom stereocenters. The lowest BCUT2D eigenvalue weighted by molar-refractivity contribution is 0.251. The number of halogens is 2. The van der Waals surface area contributed by atoms with Crippen LogP contribution >= 0.6 is 23.5 Å². The number of alkyl halides is 2. The molecule has 0 bridgehead atoms. The third kappa shape index (κ3) is 5.54. The molecule has 1 aromatic carbocycles. The van der Waals surface area contributed by atoms with Gasteiger partial charge in [0.1, 0.15) is 11.5 Å². The summed E-state index contributed by atoms with van der Waals surface area (Å²) in [5.74, 6) is 0.290. The molecule has 0 spiro atoms. The SMILES string of the molecule is COc1cc(CSc2nnc(N3CCCCC3)n2Cc2ccco2)ccc1SC(F)F. The van der Waals surface area contributed by atoms with E-state index in [4.69, 9.17) is 9.15 Å². The monoisotopic (exact) mass is 466 g/mol. The van der Waals surface area contributed by atoms with E-state index in [9.17, 15) is 8.78 Å². The minimum Gasteiger partial charge on any atom is -0.496 e. The molecular formula is C21H24F2N4O2S2. The normalized spacial score (nSPS) is 14.4. The molecule has 10 heteroatoms. The van der Waals surface area contributed by atoms with Gasteiger partial charge in [0.2, 0.25) is 5.95 Å². The summed E-state index contributed by atoms with van der Waals surface area (Å²) >= 11 is 2.05. The molecule has 3 heterocycles. The van der Waals surface area contributed by atoms with Gasteiger partial charge in [-0.2, -0.15) is 8.78 Å². The topological polar surface area (TPSA) is 56.3 Å². The molecule has 166 valence electrons. The van der Waals surface area contributed by atoms with Gasteiger partial charge in [-0.3, -0.25) is 4.57 Å². The van der Waals surface area contributed by atoms with Gasteiger partial charge in [0.25, 0.3) is 5.76 Å². The number of furan rings is 1. The fraction of sp³-hybridized carbons (Fsp3) is 0.429. The first kappa shape index (κ1) is 22.0. The summed E-state index contributed by atoms with van der Waals surface area (Å²) < 4.78 is 38.4. The van der Waals surface area contributed by atoms with Gasteiger partial charge >= 0.3 is 0 Å². The minimum atomic E-state index is -2.48. The van der Waals surface area contributed by atoms with Crippen LogP contribution in [0.5, 0.6) is 5.75 Å². The van der Waals surface area contributed by atoms with Gasteiger partial charge < -0.3 is 14.1 Å². The minimum absolute atomic E-state index is 0.430. The Bertz CT molecular complexity index is 976.